The highest BCUT2D eigenvalue weighted by molar-refractivity contribution is 5.97. The summed E-state index contributed by atoms with van der Waals surface area (Å²) in [5.41, 5.74) is 1.62. The van der Waals surface area contributed by atoms with Crippen LogP contribution < -0.4 is 4.90 Å². The first-order chi connectivity index (χ1) is 9.25. The van der Waals surface area contributed by atoms with Gasteiger partial charge in [0.2, 0.25) is 5.91 Å². The highest BCUT2D eigenvalue weighted by Crippen LogP contribution is 2.22. The van der Waals surface area contributed by atoms with Gasteiger partial charge in [0.05, 0.1) is 0 Å². The van der Waals surface area contributed by atoms with E-state index >= 15 is 0 Å². The van der Waals surface area contributed by atoms with Crippen LogP contribution in [0.2, 0.25) is 0 Å². The number of rotatable bonds is 2. The predicted molar refractivity (Wildman–Crippen MR) is 73.2 cm³/mol. The standard InChI is InChI=1S/C15H18N2O2/c18-14-4-3-11-17(14)13-7-5-12(6-8-13)15(19)16-9-1-2-10-16/h5-8H,1-4,9-11H2. The maximum absolute atomic E-state index is 12.2. The molecule has 0 radical (unpaired) electrons. The molecular formula is C15H18N2O2. The van der Waals surface area contributed by atoms with Gasteiger partial charge in [0.25, 0.3) is 5.91 Å². The fourth-order valence-electron chi connectivity index (χ4n) is 2.81. The Morgan fingerprint density at radius 3 is 2.21 bits per heavy atom. The van der Waals surface area contributed by atoms with Crippen LogP contribution in [0.1, 0.15) is 36.0 Å². The molecule has 0 N–H and O–H groups in total. The third-order valence-electron chi connectivity index (χ3n) is 3.89. The van der Waals surface area contributed by atoms with Gasteiger partial charge < -0.3 is 9.80 Å². The van der Waals surface area contributed by atoms with Crippen molar-refractivity contribution in [1.29, 1.82) is 0 Å². The SMILES string of the molecule is O=C(c1ccc(N2CCCC2=O)cc1)N1CCCC1. The Labute approximate surface area is 113 Å². The third-order valence-corrected chi connectivity index (χ3v) is 3.89. The molecule has 0 atom stereocenters. The second-order valence-electron chi connectivity index (χ2n) is 5.20. The monoisotopic (exact) mass is 258 g/mol. The number of benzene rings is 1. The minimum absolute atomic E-state index is 0.108. The molecule has 2 aliphatic rings. The smallest absolute Gasteiger partial charge is 0.253 e. The van der Waals surface area contributed by atoms with Gasteiger partial charge in [-0.05, 0) is 43.5 Å². The zero-order valence-electron chi connectivity index (χ0n) is 11.0. The molecule has 4 heteroatoms. The van der Waals surface area contributed by atoms with E-state index in [1.54, 1.807) is 4.90 Å². The summed E-state index contributed by atoms with van der Waals surface area (Å²) in [5.74, 6) is 0.287. The molecule has 0 spiro atoms. The Bertz CT molecular complexity index is 489. The number of carbonyl (C=O) groups is 2. The molecule has 1 aromatic rings. The minimum Gasteiger partial charge on any atom is -0.339 e. The zero-order chi connectivity index (χ0) is 13.2. The number of amides is 2. The molecule has 0 bridgehead atoms. The normalized spacial score (nSPS) is 19.3. The quantitative estimate of drug-likeness (QED) is 0.814. The number of carbonyl (C=O) groups excluding carboxylic acids is 2. The molecule has 19 heavy (non-hydrogen) atoms. The van der Waals surface area contributed by atoms with Crippen LogP contribution in [-0.2, 0) is 4.79 Å². The van der Waals surface area contributed by atoms with E-state index in [-0.39, 0.29) is 11.8 Å². The summed E-state index contributed by atoms with van der Waals surface area (Å²) in [6.45, 7) is 2.52. The number of hydrogen-bond acceptors (Lipinski definition) is 2. The molecule has 2 aliphatic heterocycles. The van der Waals surface area contributed by atoms with Gasteiger partial charge >= 0.3 is 0 Å². The minimum atomic E-state index is 0.108. The van der Waals surface area contributed by atoms with Crippen LogP contribution in [0, 0.1) is 0 Å². The van der Waals surface area contributed by atoms with Gasteiger partial charge in [-0.1, -0.05) is 0 Å². The Balaban J connectivity index is 1.75. The zero-order valence-corrected chi connectivity index (χ0v) is 11.0. The Kier molecular flexibility index (Phi) is 3.23. The molecular weight excluding hydrogens is 240 g/mol. The highest BCUT2D eigenvalue weighted by Gasteiger charge is 2.23. The molecule has 100 valence electrons. The van der Waals surface area contributed by atoms with Gasteiger partial charge in [0.15, 0.2) is 0 Å². The van der Waals surface area contributed by atoms with E-state index in [2.05, 4.69) is 0 Å². The summed E-state index contributed by atoms with van der Waals surface area (Å²) in [7, 11) is 0. The molecule has 0 saturated carbocycles. The fourth-order valence-corrected chi connectivity index (χ4v) is 2.81. The molecule has 2 saturated heterocycles. The van der Waals surface area contributed by atoms with Crippen molar-refractivity contribution in [2.24, 2.45) is 0 Å². The van der Waals surface area contributed by atoms with Crippen LogP contribution in [0.4, 0.5) is 5.69 Å². The number of nitrogens with zero attached hydrogens (tertiary/aromatic N) is 2. The van der Waals surface area contributed by atoms with E-state index < -0.39 is 0 Å². The summed E-state index contributed by atoms with van der Waals surface area (Å²) in [5, 5.41) is 0. The maximum Gasteiger partial charge on any atom is 0.253 e. The van der Waals surface area contributed by atoms with E-state index in [4.69, 9.17) is 0 Å². The van der Waals surface area contributed by atoms with Crippen LogP contribution >= 0.6 is 0 Å². The third kappa shape index (κ3) is 2.35. The number of anilines is 1. The average Bonchev–Trinajstić information content (AvgIpc) is 3.09. The van der Waals surface area contributed by atoms with Crippen LogP contribution in [0.15, 0.2) is 24.3 Å². The van der Waals surface area contributed by atoms with Gasteiger partial charge in [0.1, 0.15) is 0 Å². The van der Waals surface area contributed by atoms with Crippen LogP contribution in [0.3, 0.4) is 0 Å². The van der Waals surface area contributed by atoms with E-state index in [0.29, 0.717) is 6.42 Å². The first kappa shape index (κ1) is 12.2. The maximum atomic E-state index is 12.2. The lowest BCUT2D eigenvalue weighted by Gasteiger charge is -2.18. The van der Waals surface area contributed by atoms with Gasteiger partial charge in [-0.2, -0.15) is 0 Å². The van der Waals surface area contributed by atoms with Gasteiger partial charge in [-0.25, -0.2) is 0 Å². The molecule has 0 aliphatic carbocycles. The lowest BCUT2D eigenvalue weighted by molar-refractivity contribution is -0.117. The molecule has 4 nitrogen and oxygen atoms in total. The molecule has 0 unspecified atom stereocenters. The lowest BCUT2D eigenvalue weighted by Crippen LogP contribution is -2.28. The van der Waals surface area contributed by atoms with Gasteiger partial charge in [-0.3, -0.25) is 9.59 Å². The van der Waals surface area contributed by atoms with Crippen molar-refractivity contribution in [1.82, 2.24) is 4.90 Å². The molecule has 2 amide bonds. The van der Waals surface area contributed by atoms with Crippen LogP contribution in [0.5, 0.6) is 0 Å². The van der Waals surface area contributed by atoms with Crippen molar-refractivity contribution in [3.05, 3.63) is 29.8 Å². The number of hydrogen-bond donors (Lipinski definition) is 0. The topological polar surface area (TPSA) is 40.6 Å². The molecule has 2 heterocycles. The van der Waals surface area contributed by atoms with Crippen molar-refractivity contribution in [3.8, 4) is 0 Å². The van der Waals surface area contributed by atoms with Crippen molar-refractivity contribution in [2.45, 2.75) is 25.7 Å². The second-order valence-corrected chi connectivity index (χ2v) is 5.20. The predicted octanol–water partition coefficient (Wildman–Crippen LogP) is 2.05. The lowest BCUT2D eigenvalue weighted by atomic mass is 10.1. The van der Waals surface area contributed by atoms with Crippen molar-refractivity contribution < 1.29 is 9.59 Å². The van der Waals surface area contributed by atoms with E-state index in [1.807, 2.05) is 29.2 Å². The molecule has 1 aromatic carbocycles. The van der Waals surface area contributed by atoms with Crippen LogP contribution in [-0.4, -0.2) is 36.3 Å². The second kappa shape index (κ2) is 5.03. The summed E-state index contributed by atoms with van der Waals surface area (Å²) in [6.07, 6.45) is 3.76. The molecule has 3 rings (SSSR count). The summed E-state index contributed by atoms with van der Waals surface area (Å²) >= 11 is 0. The van der Waals surface area contributed by atoms with Crippen molar-refractivity contribution in [2.75, 3.05) is 24.5 Å². The van der Waals surface area contributed by atoms with E-state index in [1.165, 1.54) is 0 Å². The van der Waals surface area contributed by atoms with Crippen molar-refractivity contribution in [3.63, 3.8) is 0 Å². The van der Waals surface area contributed by atoms with E-state index in [9.17, 15) is 9.59 Å². The molecule has 2 fully saturated rings. The average molecular weight is 258 g/mol. The fraction of sp³-hybridized carbons (Fsp3) is 0.467. The molecule has 0 aromatic heterocycles. The summed E-state index contributed by atoms with van der Waals surface area (Å²) < 4.78 is 0. The van der Waals surface area contributed by atoms with Gasteiger partial charge in [0, 0.05) is 37.3 Å². The largest absolute Gasteiger partial charge is 0.339 e. The summed E-state index contributed by atoms with van der Waals surface area (Å²) in [4.78, 5) is 27.5. The van der Waals surface area contributed by atoms with Crippen molar-refractivity contribution >= 4 is 17.5 Å². The Hall–Kier alpha value is -1.84. The first-order valence-electron chi connectivity index (χ1n) is 6.95. The number of likely N-dealkylation sites (tertiary alicyclic amines) is 1. The van der Waals surface area contributed by atoms with Gasteiger partial charge in [-0.15, -0.1) is 0 Å². The summed E-state index contributed by atoms with van der Waals surface area (Å²) in [6, 6.07) is 7.43. The Morgan fingerprint density at radius 2 is 1.63 bits per heavy atom. The first-order valence-corrected chi connectivity index (χ1v) is 6.95. The van der Waals surface area contributed by atoms with Crippen LogP contribution in [0.25, 0.3) is 0 Å². The highest BCUT2D eigenvalue weighted by atomic mass is 16.2. The van der Waals surface area contributed by atoms with E-state index in [0.717, 1.165) is 50.1 Å². The Morgan fingerprint density at radius 1 is 0.947 bits per heavy atom.